The summed E-state index contributed by atoms with van der Waals surface area (Å²) in [5.74, 6) is 0. The molecular weight excluding hydrogens is 405 g/mol. The van der Waals surface area contributed by atoms with Crippen LogP contribution in [0.1, 0.15) is 0 Å². The van der Waals surface area contributed by atoms with Gasteiger partial charge in [0.1, 0.15) is 0 Å². The van der Waals surface area contributed by atoms with Crippen LogP contribution in [0, 0.1) is 0 Å². The Hall–Kier alpha value is 1.50. The Balaban J connectivity index is -0.000000242. The normalized spacial score (nSPS) is 9.43. The highest BCUT2D eigenvalue weighted by molar-refractivity contribution is 6.20. The van der Waals surface area contributed by atoms with Crippen molar-refractivity contribution >= 4 is 69.6 Å². The lowest BCUT2D eigenvalue weighted by Gasteiger charge is -2.02. The summed E-state index contributed by atoms with van der Waals surface area (Å²) in [6, 6.07) is 2.72. The standard InChI is InChI=1S/C4H11Cl2N3.C3H8Cl2N2.C2H5Cl2N/c5-1-7-3-9-4-8-2-6;4-1-6-3-7-2-5;3-1-5-2-4/h7-9H,1-4H2;6-7H,1-3H2;5H,1-2H2. The van der Waals surface area contributed by atoms with E-state index in [4.69, 9.17) is 69.6 Å². The molecule has 0 aliphatic heterocycles. The maximum atomic E-state index is 5.32. The van der Waals surface area contributed by atoms with Gasteiger partial charge in [0.25, 0.3) is 0 Å². The van der Waals surface area contributed by atoms with E-state index in [2.05, 4.69) is 31.9 Å². The Kier molecular flexibility index (Phi) is 43.2. The number of halogens is 6. The SMILES string of the molecule is ClCNCCl.ClCNCNCCl.ClCNCNCNCCl. The van der Waals surface area contributed by atoms with Gasteiger partial charge in [-0.2, -0.15) is 0 Å². The summed E-state index contributed by atoms with van der Waals surface area (Å²) in [4.78, 5) is 0. The Morgan fingerprint density at radius 1 is 0.333 bits per heavy atom. The summed E-state index contributed by atoms with van der Waals surface area (Å²) >= 11 is 31.3. The number of hydrogen-bond donors (Lipinski definition) is 6. The summed E-state index contributed by atoms with van der Waals surface area (Å²) in [5, 5.41) is 17.0. The summed E-state index contributed by atoms with van der Waals surface area (Å²) in [7, 11) is 0. The molecule has 0 saturated carbocycles. The van der Waals surface area contributed by atoms with Gasteiger partial charge in [-0.25, -0.2) is 0 Å². The van der Waals surface area contributed by atoms with E-state index < -0.39 is 0 Å². The molecular formula is C9H24Cl6N6. The molecule has 0 heterocycles. The maximum Gasteiger partial charge on any atom is 0.0723 e. The van der Waals surface area contributed by atoms with E-state index >= 15 is 0 Å². The first kappa shape index (κ1) is 27.4. The van der Waals surface area contributed by atoms with Crippen LogP contribution in [0.2, 0.25) is 0 Å². The van der Waals surface area contributed by atoms with Crippen molar-refractivity contribution in [3.8, 4) is 0 Å². The molecule has 0 aromatic heterocycles. The zero-order valence-electron chi connectivity index (χ0n) is 11.6. The Bertz CT molecular complexity index is 138. The molecule has 0 aromatic rings. The van der Waals surface area contributed by atoms with Crippen LogP contribution in [0.4, 0.5) is 0 Å². The largest absolute Gasteiger partial charge is 0.292 e. The van der Waals surface area contributed by atoms with Crippen molar-refractivity contribution in [3.63, 3.8) is 0 Å². The molecule has 12 heteroatoms. The van der Waals surface area contributed by atoms with Crippen LogP contribution in [0.25, 0.3) is 0 Å². The van der Waals surface area contributed by atoms with Crippen molar-refractivity contribution in [1.29, 1.82) is 0 Å². The molecule has 0 aliphatic carbocycles. The molecule has 0 aliphatic rings. The minimum absolute atomic E-state index is 0.434. The van der Waals surface area contributed by atoms with Gasteiger partial charge in [0, 0.05) is 20.0 Å². The highest BCUT2D eigenvalue weighted by atomic mass is 35.5. The Morgan fingerprint density at radius 3 is 0.762 bits per heavy atom. The zero-order chi connectivity index (χ0) is 16.6. The first-order valence-electron chi connectivity index (χ1n) is 5.85. The number of rotatable bonds is 12. The molecule has 132 valence electrons. The second-order valence-corrected chi connectivity index (χ2v) is 4.44. The fourth-order valence-electron chi connectivity index (χ4n) is 0.552. The lowest BCUT2D eigenvalue weighted by Crippen LogP contribution is -2.35. The number of hydrogen-bond acceptors (Lipinski definition) is 6. The van der Waals surface area contributed by atoms with Crippen LogP contribution in [0.3, 0.4) is 0 Å². The zero-order valence-corrected chi connectivity index (χ0v) is 16.2. The summed E-state index contributed by atoms with van der Waals surface area (Å²) in [6.07, 6.45) is 0. The van der Waals surface area contributed by atoms with Gasteiger partial charge in [-0.15, -0.1) is 69.6 Å². The van der Waals surface area contributed by atoms with Gasteiger partial charge in [0.2, 0.25) is 0 Å². The van der Waals surface area contributed by atoms with Crippen molar-refractivity contribution in [2.75, 3.05) is 56.0 Å². The molecule has 0 spiro atoms. The van der Waals surface area contributed by atoms with E-state index in [9.17, 15) is 0 Å². The van der Waals surface area contributed by atoms with Gasteiger partial charge in [0.05, 0.1) is 36.0 Å². The third kappa shape index (κ3) is 44.9. The Morgan fingerprint density at radius 2 is 0.571 bits per heavy atom. The lowest BCUT2D eigenvalue weighted by molar-refractivity contribution is 0.581. The van der Waals surface area contributed by atoms with E-state index in [0.29, 0.717) is 56.0 Å². The van der Waals surface area contributed by atoms with Gasteiger partial charge in [-0.1, -0.05) is 0 Å². The fraction of sp³-hybridized carbons (Fsp3) is 1.00. The van der Waals surface area contributed by atoms with Crippen LogP contribution in [0.5, 0.6) is 0 Å². The van der Waals surface area contributed by atoms with Gasteiger partial charge < -0.3 is 0 Å². The van der Waals surface area contributed by atoms with Gasteiger partial charge in [-0.3, -0.25) is 31.9 Å². The second kappa shape index (κ2) is 33.2. The van der Waals surface area contributed by atoms with Crippen LogP contribution >= 0.6 is 69.6 Å². The molecule has 0 unspecified atom stereocenters. The van der Waals surface area contributed by atoms with Crippen LogP contribution < -0.4 is 31.9 Å². The molecule has 0 fully saturated rings. The summed E-state index contributed by atoms with van der Waals surface area (Å²) in [6.45, 7) is 2.08. The summed E-state index contributed by atoms with van der Waals surface area (Å²) < 4.78 is 0. The second-order valence-electron chi connectivity index (χ2n) is 2.83. The fourth-order valence-corrected chi connectivity index (χ4v) is 1.22. The molecule has 0 aromatic carbocycles. The number of nitrogens with one attached hydrogen (secondary N) is 6. The van der Waals surface area contributed by atoms with Crippen LogP contribution in [-0.4, -0.2) is 56.0 Å². The quantitative estimate of drug-likeness (QED) is 0.123. The highest BCUT2D eigenvalue weighted by Gasteiger charge is 1.81. The van der Waals surface area contributed by atoms with Crippen molar-refractivity contribution < 1.29 is 0 Å². The van der Waals surface area contributed by atoms with E-state index in [1.54, 1.807) is 0 Å². The monoisotopic (exact) mass is 426 g/mol. The summed E-state index contributed by atoms with van der Waals surface area (Å²) in [5.41, 5.74) is 0. The first-order valence-corrected chi connectivity index (χ1v) is 9.05. The highest BCUT2D eigenvalue weighted by Crippen LogP contribution is 1.67. The van der Waals surface area contributed by atoms with Gasteiger partial charge in [0.15, 0.2) is 0 Å². The Labute approximate surface area is 157 Å². The van der Waals surface area contributed by atoms with E-state index in [1.165, 1.54) is 0 Å². The van der Waals surface area contributed by atoms with Crippen molar-refractivity contribution in [2.45, 2.75) is 0 Å². The molecule has 0 saturated heterocycles. The minimum Gasteiger partial charge on any atom is -0.292 e. The van der Waals surface area contributed by atoms with Crippen molar-refractivity contribution in [1.82, 2.24) is 31.9 Å². The van der Waals surface area contributed by atoms with E-state index in [0.717, 1.165) is 0 Å². The lowest BCUT2D eigenvalue weighted by atomic mass is 10.9. The minimum atomic E-state index is 0.434. The third-order valence-corrected chi connectivity index (χ3v) is 2.45. The molecule has 6 nitrogen and oxygen atoms in total. The average Bonchev–Trinajstić information content (AvgIpc) is 2.50. The third-order valence-electron chi connectivity index (χ3n) is 1.32. The predicted molar refractivity (Wildman–Crippen MR) is 97.7 cm³/mol. The van der Waals surface area contributed by atoms with Gasteiger partial charge >= 0.3 is 0 Å². The molecule has 6 N–H and O–H groups in total. The van der Waals surface area contributed by atoms with Crippen LogP contribution in [0.15, 0.2) is 0 Å². The topological polar surface area (TPSA) is 72.2 Å². The molecule has 0 atom stereocenters. The van der Waals surface area contributed by atoms with Gasteiger partial charge in [-0.05, 0) is 0 Å². The van der Waals surface area contributed by atoms with E-state index in [-0.39, 0.29) is 0 Å². The molecule has 0 amide bonds. The first-order chi connectivity index (χ1) is 10.2. The molecule has 0 rings (SSSR count). The maximum absolute atomic E-state index is 5.32. The van der Waals surface area contributed by atoms with Crippen molar-refractivity contribution in [2.24, 2.45) is 0 Å². The molecule has 21 heavy (non-hydrogen) atoms. The van der Waals surface area contributed by atoms with Crippen LogP contribution in [-0.2, 0) is 0 Å². The smallest absolute Gasteiger partial charge is 0.0723 e. The molecule has 0 radical (unpaired) electrons. The van der Waals surface area contributed by atoms with E-state index in [1.807, 2.05) is 0 Å². The van der Waals surface area contributed by atoms with Crippen molar-refractivity contribution in [3.05, 3.63) is 0 Å². The number of alkyl halides is 6. The predicted octanol–water partition coefficient (Wildman–Crippen LogP) is 1.55. The average molecular weight is 429 g/mol. The molecule has 0 bridgehead atoms.